The van der Waals surface area contributed by atoms with Crippen molar-refractivity contribution in [3.63, 3.8) is 0 Å². The van der Waals surface area contributed by atoms with Crippen molar-refractivity contribution < 1.29 is 0 Å². The van der Waals surface area contributed by atoms with E-state index in [1.807, 2.05) is 17.4 Å². The maximum Gasteiger partial charge on any atom is 0.212 e. The largest absolute Gasteiger partial charge is 0.370 e. The third-order valence-corrected chi connectivity index (χ3v) is 3.47. The molecule has 0 amide bonds. The molecule has 2 rings (SSSR count). The number of thiazole rings is 1. The molecule has 0 aromatic carbocycles. The van der Waals surface area contributed by atoms with Crippen LogP contribution in [-0.4, -0.2) is 28.9 Å². The van der Waals surface area contributed by atoms with Crippen LogP contribution in [0.5, 0.6) is 0 Å². The van der Waals surface area contributed by atoms with Gasteiger partial charge >= 0.3 is 0 Å². The SMILES string of the molecule is CNN1CSC=C1c1csc(N=C(N)N)n1. The van der Waals surface area contributed by atoms with Crippen LogP contribution in [0.3, 0.4) is 0 Å². The van der Waals surface area contributed by atoms with Gasteiger partial charge in [-0.3, -0.25) is 5.01 Å². The molecule has 1 aliphatic rings. The number of hydrogen-bond acceptors (Lipinski definition) is 6. The second kappa shape index (κ2) is 4.73. The average molecular weight is 256 g/mol. The molecular formula is C8H12N6S2. The Labute approximate surface area is 101 Å². The summed E-state index contributed by atoms with van der Waals surface area (Å²) in [6, 6.07) is 0. The van der Waals surface area contributed by atoms with Gasteiger partial charge in [-0.1, -0.05) is 0 Å². The minimum Gasteiger partial charge on any atom is -0.370 e. The fourth-order valence-corrected chi connectivity index (χ4v) is 2.85. The molecule has 0 fully saturated rings. The molecule has 0 radical (unpaired) electrons. The van der Waals surface area contributed by atoms with E-state index in [9.17, 15) is 0 Å². The molecule has 8 heteroatoms. The van der Waals surface area contributed by atoms with Gasteiger partial charge in [-0.25, -0.2) is 10.4 Å². The Balaban J connectivity index is 2.22. The molecular weight excluding hydrogens is 244 g/mol. The highest BCUT2D eigenvalue weighted by atomic mass is 32.2. The van der Waals surface area contributed by atoms with E-state index in [4.69, 9.17) is 11.5 Å². The summed E-state index contributed by atoms with van der Waals surface area (Å²) in [5, 5.41) is 6.58. The number of hydrogen-bond donors (Lipinski definition) is 3. The van der Waals surface area contributed by atoms with Gasteiger partial charge in [-0.2, -0.15) is 4.99 Å². The summed E-state index contributed by atoms with van der Waals surface area (Å²) in [5.74, 6) is 0.905. The Hall–Kier alpha value is -1.25. The fraction of sp³-hybridized carbons (Fsp3) is 0.250. The number of thioether (sulfide) groups is 1. The highest BCUT2D eigenvalue weighted by Crippen LogP contribution is 2.31. The molecule has 0 saturated carbocycles. The first-order valence-corrected chi connectivity index (χ1v) is 6.46. The van der Waals surface area contributed by atoms with Crippen LogP contribution in [0.25, 0.3) is 5.70 Å². The number of rotatable bonds is 3. The summed E-state index contributed by atoms with van der Waals surface area (Å²) in [4.78, 5) is 8.25. The average Bonchev–Trinajstić information content (AvgIpc) is 2.83. The quantitative estimate of drug-likeness (QED) is 0.538. The van der Waals surface area contributed by atoms with Crippen molar-refractivity contribution >= 4 is 39.9 Å². The van der Waals surface area contributed by atoms with Crippen molar-refractivity contribution in [2.45, 2.75) is 0 Å². The fourth-order valence-electron chi connectivity index (χ4n) is 1.25. The van der Waals surface area contributed by atoms with Gasteiger partial charge in [0.15, 0.2) is 5.96 Å². The van der Waals surface area contributed by atoms with Crippen LogP contribution in [0, 0.1) is 0 Å². The van der Waals surface area contributed by atoms with Gasteiger partial charge in [0, 0.05) is 12.4 Å². The van der Waals surface area contributed by atoms with Crippen LogP contribution < -0.4 is 16.9 Å². The molecule has 6 nitrogen and oxygen atoms in total. The Bertz CT molecular complexity index is 433. The number of aliphatic imine (C=N–C) groups is 1. The molecule has 86 valence electrons. The van der Waals surface area contributed by atoms with E-state index in [0.717, 1.165) is 17.3 Å². The van der Waals surface area contributed by atoms with Gasteiger partial charge in [0.1, 0.15) is 5.69 Å². The Morgan fingerprint density at radius 2 is 2.44 bits per heavy atom. The van der Waals surface area contributed by atoms with E-state index >= 15 is 0 Å². The van der Waals surface area contributed by atoms with Crippen molar-refractivity contribution in [2.24, 2.45) is 16.5 Å². The number of nitrogens with two attached hydrogens (primary N) is 2. The van der Waals surface area contributed by atoms with Crippen LogP contribution in [0.4, 0.5) is 5.13 Å². The highest BCUT2D eigenvalue weighted by molar-refractivity contribution is 8.02. The second-order valence-electron chi connectivity index (χ2n) is 3.00. The third-order valence-electron chi connectivity index (χ3n) is 1.94. The Kier molecular flexibility index (Phi) is 3.32. The highest BCUT2D eigenvalue weighted by Gasteiger charge is 2.18. The first kappa shape index (κ1) is 11.2. The topological polar surface area (TPSA) is 92.6 Å². The normalized spacial score (nSPS) is 15.1. The van der Waals surface area contributed by atoms with Gasteiger partial charge in [-0.15, -0.1) is 23.1 Å². The minimum absolute atomic E-state index is 0.0288. The molecule has 0 saturated heterocycles. The molecule has 0 bridgehead atoms. The van der Waals surface area contributed by atoms with E-state index in [2.05, 4.69) is 20.8 Å². The minimum atomic E-state index is 0.0288. The van der Waals surface area contributed by atoms with Crippen LogP contribution >= 0.6 is 23.1 Å². The second-order valence-corrected chi connectivity index (χ2v) is 4.67. The van der Waals surface area contributed by atoms with E-state index < -0.39 is 0 Å². The summed E-state index contributed by atoms with van der Waals surface area (Å²) >= 11 is 3.13. The van der Waals surface area contributed by atoms with Gasteiger partial charge in [0.25, 0.3) is 0 Å². The maximum absolute atomic E-state index is 5.29. The molecule has 0 atom stereocenters. The van der Waals surface area contributed by atoms with Crippen molar-refractivity contribution in [3.05, 3.63) is 16.5 Å². The summed E-state index contributed by atoms with van der Waals surface area (Å²) in [6.07, 6.45) is 0. The van der Waals surface area contributed by atoms with Crippen molar-refractivity contribution in [2.75, 3.05) is 12.9 Å². The van der Waals surface area contributed by atoms with Crippen molar-refractivity contribution in [1.29, 1.82) is 0 Å². The van der Waals surface area contributed by atoms with Gasteiger partial charge < -0.3 is 11.5 Å². The molecule has 5 N–H and O–H groups in total. The first-order chi connectivity index (χ1) is 7.70. The number of hydrazine groups is 1. The van der Waals surface area contributed by atoms with E-state index in [0.29, 0.717) is 5.13 Å². The maximum atomic E-state index is 5.29. The zero-order valence-electron chi connectivity index (χ0n) is 8.67. The molecule has 1 aromatic heterocycles. The summed E-state index contributed by atoms with van der Waals surface area (Å²) in [7, 11) is 1.88. The lowest BCUT2D eigenvalue weighted by molar-refractivity contribution is 0.377. The summed E-state index contributed by atoms with van der Waals surface area (Å²) in [5.41, 5.74) is 15.6. The monoisotopic (exact) mass is 256 g/mol. The van der Waals surface area contributed by atoms with Crippen LogP contribution in [0.1, 0.15) is 5.69 Å². The molecule has 0 unspecified atom stereocenters. The lowest BCUT2D eigenvalue weighted by Gasteiger charge is -2.17. The van der Waals surface area contributed by atoms with Crippen molar-refractivity contribution in [3.8, 4) is 0 Å². The molecule has 0 aliphatic carbocycles. The first-order valence-electron chi connectivity index (χ1n) is 4.53. The Morgan fingerprint density at radius 1 is 1.62 bits per heavy atom. The number of nitrogens with zero attached hydrogens (tertiary/aromatic N) is 3. The zero-order chi connectivity index (χ0) is 11.5. The smallest absolute Gasteiger partial charge is 0.212 e. The van der Waals surface area contributed by atoms with Gasteiger partial charge in [0.2, 0.25) is 5.13 Å². The van der Waals surface area contributed by atoms with E-state index in [1.54, 1.807) is 11.8 Å². The number of nitrogens with one attached hydrogen (secondary N) is 1. The van der Waals surface area contributed by atoms with E-state index in [1.165, 1.54) is 11.3 Å². The lowest BCUT2D eigenvalue weighted by atomic mass is 10.4. The van der Waals surface area contributed by atoms with Crippen LogP contribution in [0.15, 0.2) is 15.8 Å². The van der Waals surface area contributed by atoms with Crippen molar-refractivity contribution in [1.82, 2.24) is 15.4 Å². The van der Waals surface area contributed by atoms with Gasteiger partial charge in [0.05, 0.1) is 11.6 Å². The molecule has 1 aliphatic heterocycles. The van der Waals surface area contributed by atoms with Crippen LogP contribution in [0.2, 0.25) is 0 Å². The van der Waals surface area contributed by atoms with Gasteiger partial charge in [-0.05, 0) is 5.41 Å². The van der Waals surface area contributed by atoms with E-state index in [-0.39, 0.29) is 5.96 Å². The third kappa shape index (κ3) is 2.29. The summed E-state index contributed by atoms with van der Waals surface area (Å²) < 4.78 is 0. The number of aromatic nitrogens is 1. The zero-order valence-corrected chi connectivity index (χ0v) is 10.3. The van der Waals surface area contributed by atoms with Crippen LogP contribution in [-0.2, 0) is 0 Å². The predicted octanol–water partition coefficient (Wildman–Crippen LogP) is 0.487. The summed E-state index contributed by atoms with van der Waals surface area (Å²) in [6.45, 7) is 0. The molecule has 16 heavy (non-hydrogen) atoms. The number of guanidine groups is 1. The Morgan fingerprint density at radius 3 is 3.12 bits per heavy atom. The predicted molar refractivity (Wildman–Crippen MR) is 68.9 cm³/mol. The molecule has 1 aromatic rings. The standard InChI is InChI=1S/C8H12N6S2/c1-11-14-4-15-3-6(14)5-2-16-8(12-5)13-7(9)10/h2-3,11H,4H2,1H3,(H4,9,10,12,13). The molecule has 2 heterocycles. The lowest BCUT2D eigenvalue weighted by Crippen LogP contribution is -2.30. The molecule has 0 spiro atoms.